The second kappa shape index (κ2) is 4.33. The van der Waals surface area contributed by atoms with Crippen LogP contribution in [0.4, 0.5) is 0 Å². The van der Waals surface area contributed by atoms with Crippen LogP contribution < -0.4 is 15.2 Å². The molecule has 0 bridgehead atoms. The molecule has 2 N–H and O–H groups in total. The van der Waals surface area contributed by atoms with E-state index in [0.29, 0.717) is 13.2 Å². The molecule has 1 unspecified atom stereocenters. The fraction of sp³-hybridized carbons (Fsp3) is 0.455. The molecule has 1 aromatic rings. The minimum Gasteiger partial charge on any atom is -0.490 e. The van der Waals surface area contributed by atoms with E-state index in [9.17, 15) is 0 Å². The summed E-state index contributed by atoms with van der Waals surface area (Å²) >= 11 is 0. The van der Waals surface area contributed by atoms with E-state index in [1.54, 1.807) is 0 Å². The standard InChI is InChI=1S/C11H15NO2/c12-7-5-9-6-8-13-10-3-1-2-4-11(10)14-9/h1-4,9H,5-8,12H2. The number of hydrogen-bond acceptors (Lipinski definition) is 3. The molecule has 1 heterocycles. The summed E-state index contributed by atoms with van der Waals surface area (Å²) in [7, 11) is 0. The van der Waals surface area contributed by atoms with Crippen molar-refractivity contribution in [3.8, 4) is 11.5 Å². The molecule has 0 spiro atoms. The van der Waals surface area contributed by atoms with Gasteiger partial charge in [-0.15, -0.1) is 0 Å². The second-order valence-electron chi connectivity index (χ2n) is 3.40. The van der Waals surface area contributed by atoms with E-state index < -0.39 is 0 Å². The molecular formula is C11H15NO2. The number of hydrogen-bond donors (Lipinski definition) is 1. The molecule has 0 aliphatic carbocycles. The van der Waals surface area contributed by atoms with E-state index in [0.717, 1.165) is 24.3 Å². The molecule has 1 aromatic carbocycles. The first-order chi connectivity index (χ1) is 6.90. The van der Waals surface area contributed by atoms with Gasteiger partial charge in [-0.05, 0) is 25.1 Å². The first-order valence-corrected chi connectivity index (χ1v) is 4.98. The van der Waals surface area contributed by atoms with E-state index in [2.05, 4.69) is 0 Å². The molecule has 0 radical (unpaired) electrons. The molecule has 2 rings (SSSR count). The molecule has 0 saturated heterocycles. The Hall–Kier alpha value is -1.22. The van der Waals surface area contributed by atoms with Crippen LogP contribution in [0.5, 0.6) is 11.5 Å². The van der Waals surface area contributed by atoms with E-state index >= 15 is 0 Å². The van der Waals surface area contributed by atoms with Crippen LogP contribution in [0.2, 0.25) is 0 Å². The summed E-state index contributed by atoms with van der Waals surface area (Å²) in [4.78, 5) is 0. The second-order valence-corrected chi connectivity index (χ2v) is 3.40. The summed E-state index contributed by atoms with van der Waals surface area (Å²) in [5, 5.41) is 0. The Kier molecular flexibility index (Phi) is 2.89. The van der Waals surface area contributed by atoms with Gasteiger partial charge in [-0.2, -0.15) is 0 Å². The molecule has 0 fully saturated rings. The van der Waals surface area contributed by atoms with Gasteiger partial charge >= 0.3 is 0 Å². The molecular weight excluding hydrogens is 178 g/mol. The Morgan fingerprint density at radius 2 is 2.07 bits per heavy atom. The van der Waals surface area contributed by atoms with Crippen LogP contribution in [0.15, 0.2) is 24.3 Å². The van der Waals surface area contributed by atoms with Gasteiger partial charge in [-0.1, -0.05) is 12.1 Å². The number of benzene rings is 1. The predicted molar refractivity (Wildman–Crippen MR) is 54.6 cm³/mol. The third-order valence-electron chi connectivity index (χ3n) is 2.33. The summed E-state index contributed by atoms with van der Waals surface area (Å²) in [5.41, 5.74) is 5.51. The SMILES string of the molecule is NCCC1CCOc2ccccc2O1. The van der Waals surface area contributed by atoms with Crippen LogP contribution >= 0.6 is 0 Å². The van der Waals surface area contributed by atoms with Crippen molar-refractivity contribution in [2.45, 2.75) is 18.9 Å². The largest absolute Gasteiger partial charge is 0.490 e. The Labute approximate surface area is 83.8 Å². The Balaban J connectivity index is 2.14. The maximum absolute atomic E-state index is 5.79. The average Bonchev–Trinajstić information content (AvgIpc) is 2.40. The van der Waals surface area contributed by atoms with Crippen LogP contribution in [0, 0.1) is 0 Å². The van der Waals surface area contributed by atoms with Crippen molar-refractivity contribution in [1.82, 2.24) is 0 Å². The molecule has 1 atom stereocenters. The summed E-state index contributed by atoms with van der Waals surface area (Å²) in [6.45, 7) is 1.37. The maximum Gasteiger partial charge on any atom is 0.161 e. The highest BCUT2D eigenvalue weighted by Gasteiger charge is 2.16. The smallest absolute Gasteiger partial charge is 0.161 e. The van der Waals surface area contributed by atoms with Crippen molar-refractivity contribution >= 4 is 0 Å². The highest BCUT2D eigenvalue weighted by atomic mass is 16.5. The van der Waals surface area contributed by atoms with Gasteiger partial charge in [-0.25, -0.2) is 0 Å². The summed E-state index contributed by atoms with van der Waals surface area (Å²) in [6, 6.07) is 7.77. The minimum absolute atomic E-state index is 0.198. The van der Waals surface area contributed by atoms with Gasteiger partial charge in [0.2, 0.25) is 0 Å². The van der Waals surface area contributed by atoms with Gasteiger partial charge in [0.05, 0.1) is 6.61 Å². The van der Waals surface area contributed by atoms with Crippen molar-refractivity contribution in [2.24, 2.45) is 5.73 Å². The normalized spacial score (nSPS) is 20.2. The first-order valence-electron chi connectivity index (χ1n) is 4.98. The lowest BCUT2D eigenvalue weighted by Gasteiger charge is -2.14. The van der Waals surface area contributed by atoms with Crippen LogP contribution in [0.25, 0.3) is 0 Å². The van der Waals surface area contributed by atoms with Crippen molar-refractivity contribution in [3.63, 3.8) is 0 Å². The molecule has 3 heteroatoms. The van der Waals surface area contributed by atoms with Crippen LogP contribution in [0.3, 0.4) is 0 Å². The molecule has 1 aliphatic heterocycles. The predicted octanol–water partition coefficient (Wildman–Crippen LogP) is 1.57. The number of fused-ring (bicyclic) bond motifs is 1. The molecule has 0 saturated carbocycles. The number of rotatable bonds is 2. The number of ether oxygens (including phenoxy) is 2. The van der Waals surface area contributed by atoms with Gasteiger partial charge < -0.3 is 15.2 Å². The lowest BCUT2D eigenvalue weighted by molar-refractivity contribution is 0.184. The third-order valence-corrected chi connectivity index (χ3v) is 2.33. The number of para-hydroxylation sites is 2. The van der Waals surface area contributed by atoms with Gasteiger partial charge in [0.1, 0.15) is 6.10 Å². The number of nitrogens with two attached hydrogens (primary N) is 1. The van der Waals surface area contributed by atoms with Crippen LogP contribution in [-0.2, 0) is 0 Å². The van der Waals surface area contributed by atoms with Crippen molar-refractivity contribution in [1.29, 1.82) is 0 Å². The minimum atomic E-state index is 0.198. The van der Waals surface area contributed by atoms with Crippen LogP contribution in [-0.4, -0.2) is 19.3 Å². The zero-order chi connectivity index (χ0) is 9.80. The van der Waals surface area contributed by atoms with Gasteiger partial charge in [0.15, 0.2) is 11.5 Å². The van der Waals surface area contributed by atoms with Gasteiger partial charge in [-0.3, -0.25) is 0 Å². The first kappa shape index (κ1) is 9.34. The third kappa shape index (κ3) is 1.99. The zero-order valence-corrected chi connectivity index (χ0v) is 8.11. The van der Waals surface area contributed by atoms with Gasteiger partial charge in [0.25, 0.3) is 0 Å². The van der Waals surface area contributed by atoms with Crippen molar-refractivity contribution in [2.75, 3.05) is 13.2 Å². The highest BCUT2D eigenvalue weighted by Crippen LogP contribution is 2.30. The summed E-state index contributed by atoms with van der Waals surface area (Å²) in [6.07, 6.45) is 1.99. The summed E-state index contributed by atoms with van der Waals surface area (Å²) in [5.74, 6) is 1.68. The van der Waals surface area contributed by atoms with E-state index in [4.69, 9.17) is 15.2 Å². The Morgan fingerprint density at radius 1 is 1.29 bits per heavy atom. The van der Waals surface area contributed by atoms with E-state index in [1.807, 2.05) is 24.3 Å². The Morgan fingerprint density at radius 3 is 2.86 bits per heavy atom. The molecule has 0 amide bonds. The maximum atomic E-state index is 5.79. The zero-order valence-electron chi connectivity index (χ0n) is 8.11. The van der Waals surface area contributed by atoms with Crippen molar-refractivity contribution in [3.05, 3.63) is 24.3 Å². The fourth-order valence-corrected chi connectivity index (χ4v) is 1.59. The van der Waals surface area contributed by atoms with E-state index in [1.165, 1.54) is 0 Å². The van der Waals surface area contributed by atoms with Gasteiger partial charge in [0, 0.05) is 6.42 Å². The van der Waals surface area contributed by atoms with Crippen LogP contribution in [0.1, 0.15) is 12.8 Å². The lowest BCUT2D eigenvalue weighted by Crippen LogP contribution is -2.21. The average molecular weight is 193 g/mol. The van der Waals surface area contributed by atoms with Crippen molar-refractivity contribution < 1.29 is 9.47 Å². The quantitative estimate of drug-likeness (QED) is 0.775. The molecule has 0 aromatic heterocycles. The van der Waals surface area contributed by atoms with E-state index in [-0.39, 0.29) is 6.10 Å². The fourth-order valence-electron chi connectivity index (χ4n) is 1.59. The lowest BCUT2D eigenvalue weighted by atomic mass is 10.2. The monoisotopic (exact) mass is 193 g/mol. The molecule has 76 valence electrons. The molecule has 14 heavy (non-hydrogen) atoms. The Bertz CT molecular complexity index is 301. The summed E-state index contributed by atoms with van der Waals surface area (Å²) < 4.78 is 11.4. The highest BCUT2D eigenvalue weighted by molar-refractivity contribution is 5.40. The topological polar surface area (TPSA) is 44.5 Å². The molecule has 1 aliphatic rings. The molecule has 3 nitrogen and oxygen atoms in total.